The molecule has 0 saturated carbocycles. The van der Waals surface area contributed by atoms with Crippen LogP contribution < -0.4 is 9.47 Å². The van der Waals surface area contributed by atoms with Crippen LogP contribution in [0, 0.1) is 0 Å². The topological polar surface area (TPSA) is 52.5 Å². The van der Waals surface area contributed by atoms with E-state index in [1.807, 2.05) is 18.2 Å². The number of alkyl halides is 2. The Balaban J connectivity index is 1.29. The highest BCUT2D eigenvalue weighted by molar-refractivity contribution is 6.02. The molecular weight excluding hydrogens is 418 g/mol. The number of oxime groups is 1. The van der Waals surface area contributed by atoms with Crippen LogP contribution in [0.5, 0.6) is 11.5 Å². The van der Waals surface area contributed by atoms with Crippen molar-refractivity contribution in [3.05, 3.63) is 59.7 Å². The smallest absolute Gasteiger partial charge is 0.387 e. The van der Waals surface area contributed by atoms with Gasteiger partial charge in [0, 0.05) is 38.0 Å². The van der Waals surface area contributed by atoms with Crippen LogP contribution in [-0.2, 0) is 16.1 Å². The van der Waals surface area contributed by atoms with Gasteiger partial charge in [-0.15, -0.1) is 0 Å². The Hall–Kier alpha value is -2.71. The lowest BCUT2D eigenvalue weighted by Crippen LogP contribution is -2.29. The van der Waals surface area contributed by atoms with Gasteiger partial charge in [0.05, 0.1) is 18.9 Å². The molecule has 3 aliphatic heterocycles. The summed E-state index contributed by atoms with van der Waals surface area (Å²) in [5.41, 5.74) is 2.38. The highest BCUT2D eigenvalue weighted by atomic mass is 19.3. The predicted molar refractivity (Wildman–Crippen MR) is 114 cm³/mol. The summed E-state index contributed by atoms with van der Waals surface area (Å²) in [6, 6.07) is 15.2. The van der Waals surface area contributed by atoms with Crippen molar-refractivity contribution in [2.45, 2.75) is 44.1 Å². The lowest BCUT2D eigenvalue weighted by molar-refractivity contribution is -0.0520. The van der Waals surface area contributed by atoms with E-state index >= 15 is 0 Å². The van der Waals surface area contributed by atoms with Crippen LogP contribution in [0.4, 0.5) is 8.78 Å². The summed E-state index contributed by atoms with van der Waals surface area (Å²) in [4.78, 5) is 7.97. The molecule has 5 rings (SSSR count). The molecule has 8 heteroatoms. The molecule has 32 heavy (non-hydrogen) atoms. The van der Waals surface area contributed by atoms with Crippen molar-refractivity contribution in [3.63, 3.8) is 0 Å². The van der Waals surface area contributed by atoms with Crippen molar-refractivity contribution >= 4 is 5.71 Å². The minimum Gasteiger partial charge on any atom is -0.485 e. The first-order valence-electron chi connectivity index (χ1n) is 10.9. The Morgan fingerprint density at radius 1 is 1.16 bits per heavy atom. The highest BCUT2D eigenvalue weighted by Crippen LogP contribution is 2.37. The van der Waals surface area contributed by atoms with Crippen LogP contribution in [0.25, 0.3) is 0 Å². The SMILES string of the molecule is FC(F)Oc1ccc(C2=NOC3(CCOC3)C2)cc1O[C@H]1CCN(Cc2ccccc2)C1. The minimum atomic E-state index is -2.92. The van der Waals surface area contributed by atoms with Crippen LogP contribution in [0.3, 0.4) is 0 Å². The quantitative estimate of drug-likeness (QED) is 0.640. The van der Waals surface area contributed by atoms with Gasteiger partial charge in [0.2, 0.25) is 0 Å². The molecule has 2 fully saturated rings. The maximum Gasteiger partial charge on any atom is 0.387 e. The van der Waals surface area contributed by atoms with Crippen LogP contribution in [0.1, 0.15) is 30.4 Å². The fourth-order valence-electron chi connectivity index (χ4n) is 4.51. The Bertz CT molecular complexity index is 964. The van der Waals surface area contributed by atoms with E-state index in [0.717, 1.165) is 43.8 Å². The maximum absolute atomic E-state index is 13.0. The van der Waals surface area contributed by atoms with Crippen molar-refractivity contribution in [2.24, 2.45) is 5.16 Å². The number of hydrogen-bond donors (Lipinski definition) is 0. The average Bonchev–Trinajstić information content (AvgIpc) is 3.53. The average molecular weight is 444 g/mol. The normalized spacial score (nSPS) is 25.3. The summed E-state index contributed by atoms with van der Waals surface area (Å²) < 4.78 is 42.3. The van der Waals surface area contributed by atoms with Gasteiger partial charge >= 0.3 is 6.61 Å². The van der Waals surface area contributed by atoms with Crippen molar-refractivity contribution in [1.82, 2.24) is 4.90 Å². The zero-order chi connectivity index (χ0) is 22.0. The predicted octanol–water partition coefficient (Wildman–Crippen LogP) is 4.22. The fourth-order valence-corrected chi connectivity index (χ4v) is 4.51. The van der Waals surface area contributed by atoms with Crippen LogP contribution in [-0.4, -0.2) is 55.2 Å². The van der Waals surface area contributed by atoms with Gasteiger partial charge in [-0.1, -0.05) is 35.5 Å². The number of benzene rings is 2. The number of likely N-dealkylation sites (tertiary alicyclic amines) is 1. The summed E-state index contributed by atoms with van der Waals surface area (Å²) in [7, 11) is 0. The second kappa shape index (κ2) is 9.03. The number of nitrogens with zero attached hydrogens (tertiary/aromatic N) is 2. The molecule has 170 valence electrons. The zero-order valence-corrected chi connectivity index (χ0v) is 17.7. The van der Waals surface area contributed by atoms with E-state index in [9.17, 15) is 8.78 Å². The lowest BCUT2D eigenvalue weighted by Gasteiger charge is -2.19. The van der Waals surface area contributed by atoms with E-state index in [0.29, 0.717) is 25.4 Å². The van der Waals surface area contributed by atoms with Gasteiger partial charge in [-0.25, -0.2) is 0 Å². The first-order chi connectivity index (χ1) is 15.6. The number of ether oxygens (including phenoxy) is 3. The maximum atomic E-state index is 13.0. The number of hydrogen-bond acceptors (Lipinski definition) is 6. The molecule has 3 heterocycles. The zero-order valence-electron chi connectivity index (χ0n) is 17.7. The molecule has 0 aromatic heterocycles. The Kier molecular flexibility index (Phi) is 5.97. The van der Waals surface area contributed by atoms with E-state index in [1.54, 1.807) is 12.1 Å². The molecule has 3 aliphatic rings. The first kappa shape index (κ1) is 21.2. The third-order valence-electron chi connectivity index (χ3n) is 6.17. The molecule has 2 aromatic rings. The van der Waals surface area contributed by atoms with E-state index in [2.05, 4.69) is 22.2 Å². The minimum absolute atomic E-state index is 0.0312. The van der Waals surface area contributed by atoms with Crippen LogP contribution in [0.15, 0.2) is 53.7 Å². The van der Waals surface area contributed by atoms with Gasteiger partial charge in [-0.3, -0.25) is 4.90 Å². The lowest BCUT2D eigenvalue weighted by atomic mass is 9.93. The Labute approximate surface area is 185 Å². The largest absolute Gasteiger partial charge is 0.485 e. The van der Waals surface area contributed by atoms with E-state index in [1.165, 1.54) is 11.6 Å². The molecule has 0 radical (unpaired) electrons. The second-order valence-electron chi connectivity index (χ2n) is 8.58. The van der Waals surface area contributed by atoms with E-state index in [-0.39, 0.29) is 11.9 Å². The molecule has 1 spiro atoms. The van der Waals surface area contributed by atoms with Gasteiger partial charge in [-0.2, -0.15) is 8.78 Å². The molecule has 0 N–H and O–H groups in total. The molecule has 0 amide bonds. The summed E-state index contributed by atoms with van der Waals surface area (Å²) in [5, 5.41) is 4.25. The van der Waals surface area contributed by atoms with Crippen LogP contribution in [0.2, 0.25) is 0 Å². The number of rotatable bonds is 7. The standard InChI is InChI=1S/C24H26F2N2O4/c25-23(26)31-21-7-6-18(20-13-24(32-27-20)9-11-29-16-24)12-22(21)30-19-8-10-28(15-19)14-17-4-2-1-3-5-17/h1-7,12,19,23H,8-11,13-16H2/t19-,24?/m0/s1. The molecule has 0 aliphatic carbocycles. The van der Waals surface area contributed by atoms with E-state index in [4.69, 9.17) is 19.0 Å². The summed E-state index contributed by atoms with van der Waals surface area (Å²) in [5.74, 6) is 0.337. The Morgan fingerprint density at radius 3 is 2.81 bits per heavy atom. The highest BCUT2D eigenvalue weighted by Gasteiger charge is 2.43. The van der Waals surface area contributed by atoms with Gasteiger partial charge < -0.3 is 19.0 Å². The van der Waals surface area contributed by atoms with Crippen molar-refractivity contribution in [1.29, 1.82) is 0 Å². The summed E-state index contributed by atoms with van der Waals surface area (Å²) in [6.45, 7) is 0.673. The molecular formula is C24H26F2N2O4. The van der Waals surface area contributed by atoms with E-state index < -0.39 is 12.2 Å². The van der Waals surface area contributed by atoms with Gasteiger partial charge in [0.1, 0.15) is 6.10 Å². The summed E-state index contributed by atoms with van der Waals surface area (Å²) >= 11 is 0. The molecule has 2 atom stereocenters. The summed E-state index contributed by atoms with van der Waals surface area (Å²) in [6.07, 6.45) is 2.12. The fraction of sp³-hybridized carbons (Fsp3) is 0.458. The molecule has 2 saturated heterocycles. The Morgan fingerprint density at radius 2 is 2.03 bits per heavy atom. The van der Waals surface area contributed by atoms with Crippen LogP contribution >= 0.6 is 0 Å². The molecule has 1 unspecified atom stereocenters. The van der Waals surface area contributed by atoms with Gasteiger partial charge in [0.25, 0.3) is 0 Å². The van der Waals surface area contributed by atoms with Crippen molar-refractivity contribution in [2.75, 3.05) is 26.3 Å². The monoisotopic (exact) mass is 444 g/mol. The first-order valence-corrected chi connectivity index (χ1v) is 10.9. The molecule has 0 bridgehead atoms. The third-order valence-corrected chi connectivity index (χ3v) is 6.17. The second-order valence-corrected chi connectivity index (χ2v) is 8.58. The van der Waals surface area contributed by atoms with Gasteiger partial charge in [-0.05, 0) is 30.2 Å². The molecule has 6 nitrogen and oxygen atoms in total. The van der Waals surface area contributed by atoms with Crippen molar-refractivity contribution in [3.8, 4) is 11.5 Å². The molecule has 2 aromatic carbocycles. The number of halogens is 2. The van der Waals surface area contributed by atoms with Gasteiger partial charge in [0.15, 0.2) is 17.1 Å². The third kappa shape index (κ3) is 4.71. The van der Waals surface area contributed by atoms with Crippen molar-refractivity contribution < 1.29 is 27.8 Å².